The number of hydrogen-bond acceptors (Lipinski definition) is 3. The lowest BCUT2D eigenvalue weighted by Gasteiger charge is -2.22. The summed E-state index contributed by atoms with van der Waals surface area (Å²) in [5.41, 5.74) is 7.52. The Bertz CT molecular complexity index is 286. The highest BCUT2D eigenvalue weighted by molar-refractivity contribution is 7.09. The quantitative estimate of drug-likeness (QED) is 0.836. The van der Waals surface area contributed by atoms with E-state index in [0.717, 1.165) is 23.5 Å². The Morgan fingerprint density at radius 1 is 1.50 bits per heavy atom. The normalized spacial score (nSPS) is 14.4. The standard InChI is InChI=1S/C11H20N2S/c1-8-13-10(7-14-8)5-9(12)6-11(2,3)4/h7,9H,5-6,12H2,1-4H3. The largest absolute Gasteiger partial charge is 0.327 e. The van der Waals surface area contributed by atoms with E-state index in [9.17, 15) is 0 Å². The third-order valence-corrected chi connectivity index (χ3v) is 2.83. The van der Waals surface area contributed by atoms with Gasteiger partial charge in [0.2, 0.25) is 0 Å². The fraction of sp³-hybridized carbons (Fsp3) is 0.727. The Kier molecular flexibility index (Phi) is 3.67. The van der Waals surface area contributed by atoms with Gasteiger partial charge in [-0.1, -0.05) is 20.8 Å². The minimum Gasteiger partial charge on any atom is -0.327 e. The third-order valence-electron chi connectivity index (χ3n) is 2.01. The molecule has 2 N–H and O–H groups in total. The molecule has 1 unspecified atom stereocenters. The van der Waals surface area contributed by atoms with Gasteiger partial charge in [0.1, 0.15) is 0 Å². The van der Waals surface area contributed by atoms with Gasteiger partial charge in [0, 0.05) is 17.8 Å². The van der Waals surface area contributed by atoms with E-state index in [1.165, 1.54) is 0 Å². The highest BCUT2D eigenvalue weighted by Gasteiger charge is 2.16. The molecule has 0 amide bonds. The molecule has 3 heteroatoms. The topological polar surface area (TPSA) is 38.9 Å². The summed E-state index contributed by atoms with van der Waals surface area (Å²) in [6.07, 6.45) is 1.95. The van der Waals surface area contributed by atoms with Gasteiger partial charge in [0.25, 0.3) is 0 Å². The Morgan fingerprint density at radius 3 is 2.57 bits per heavy atom. The van der Waals surface area contributed by atoms with Crippen molar-refractivity contribution in [1.82, 2.24) is 4.98 Å². The van der Waals surface area contributed by atoms with Crippen molar-refractivity contribution in [2.75, 3.05) is 0 Å². The first-order valence-corrected chi connectivity index (χ1v) is 5.91. The summed E-state index contributed by atoms with van der Waals surface area (Å²) in [5, 5.41) is 3.24. The summed E-state index contributed by atoms with van der Waals surface area (Å²) in [7, 11) is 0. The average molecular weight is 212 g/mol. The molecule has 1 rings (SSSR count). The van der Waals surface area contributed by atoms with Crippen LogP contribution in [0.15, 0.2) is 5.38 Å². The number of nitrogens with zero attached hydrogens (tertiary/aromatic N) is 1. The van der Waals surface area contributed by atoms with Crippen LogP contribution in [-0.4, -0.2) is 11.0 Å². The predicted octanol–water partition coefficient (Wildman–Crippen LogP) is 2.76. The van der Waals surface area contributed by atoms with Crippen molar-refractivity contribution in [1.29, 1.82) is 0 Å². The van der Waals surface area contributed by atoms with E-state index >= 15 is 0 Å². The van der Waals surface area contributed by atoms with Gasteiger partial charge in [-0.2, -0.15) is 0 Å². The second-order valence-corrected chi connectivity index (χ2v) is 6.15. The summed E-state index contributed by atoms with van der Waals surface area (Å²) in [6, 6.07) is 0.233. The van der Waals surface area contributed by atoms with E-state index in [2.05, 4.69) is 31.1 Å². The summed E-state index contributed by atoms with van der Waals surface area (Å²) in [4.78, 5) is 4.42. The van der Waals surface area contributed by atoms with Crippen LogP contribution in [0.25, 0.3) is 0 Å². The van der Waals surface area contributed by atoms with Gasteiger partial charge < -0.3 is 5.73 Å². The van der Waals surface area contributed by atoms with Crippen LogP contribution in [-0.2, 0) is 6.42 Å². The molecule has 0 saturated carbocycles. The van der Waals surface area contributed by atoms with Crippen LogP contribution in [0.3, 0.4) is 0 Å². The minimum absolute atomic E-state index is 0.233. The number of thiazole rings is 1. The van der Waals surface area contributed by atoms with E-state index in [1.807, 2.05) is 6.92 Å². The molecule has 0 aromatic carbocycles. The molecule has 0 fully saturated rings. The van der Waals surface area contributed by atoms with E-state index < -0.39 is 0 Å². The number of aryl methyl sites for hydroxylation is 1. The first kappa shape index (κ1) is 11.7. The molecular weight excluding hydrogens is 192 g/mol. The number of hydrogen-bond donors (Lipinski definition) is 1. The fourth-order valence-electron chi connectivity index (χ4n) is 1.63. The summed E-state index contributed by atoms with van der Waals surface area (Å²) in [5.74, 6) is 0. The van der Waals surface area contributed by atoms with Gasteiger partial charge in [-0.05, 0) is 18.8 Å². The highest BCUT2D eigenvalue weighted by Crippen LogP contribution is 2.21. The van der Waals surface area contributed by atoms with Gasteiger partial charge in [-0.3, -0.25) is 0 Å². The maximum absolute atomic E-state index is 6.07. The van der Waals surface area contributed by atoms with Crippen LogP contribution in [0.5, 0.6) is 0 Å². The first-order chi connectivity index (χ1) is 6.37. The first-order valence-electron chi connectivity index (χ1n) is 5.03. The average Bonchev–Trinajstić information content (AvgIpc) is 2.30. The molecule has 1 heterocycles. The number of rotatable bonds is 3. The van der Waals surface area contributed by atoms with Gasteiger partial charge in [-0.15, -0.1) is 11.3 Å². The van der Waals surface area contributed by atoms with Gasteiger partial charge in [-0.25, -0.2) is 4.98 Å². The predicted molar refractivity (Wildman–Crippen MR) is 62.6 cm³/mol. The second-order valence-electron chi connectivity index (χ2n) is 5.09. The van der Waals surface area contributed by atoms with E-state index in [1.54, 1.807) is 11.3 Å². The monoisotopic (exact) mass is 212 g/mol. The highest BCUT2D eigenvalue weighted by atomic mass is 32.1. The molecule has 14 heavy (non-hydrogen) atoms. The summed E-state index contributed by atoms with van der Waals surface area (Å²) in [6.45, 7) is 8.70. The molecule has 1 aromatic rings. The zero-order valence-corrected chi connectivity index (χ0v) is 10.3. The van der Waals surface area contributed by atoms with Crippen LogP contribution >= 0.6 is 11.3 Å². The van der Waals surface area contributed by atoms with Crippen LogP contribution in [0.4, 0.5) is 0 Å². The summed E-state index contributed by atoms with van der Waals surface area (Å²) >= 11 is 1.70. The third kappa shape index (κ3) is 4.20. The Balaban J connectivity index is 2.45. The van der Waals surface area contributed by atoms with Crippen LogP contribution in [0, 0.1) is 12.3 Å². The van der Waals surface area contributed by atoms with E-state index in [4.69, 9.17) is 5.73 Å². The van der Waals surface area contributed by atoms with Crippen molar-refractivity contribution in [2.45, 2.75) is 46.6 Å². The van der Waals surface area contributed by atoms with Crippen molar-refractivity contribution in [2.24, 2.45) is 11.1 Å². The molecule has 0 radical (unpaired) electrons. The van der Waals surface area contributed by atoms with Crippen LogP contribution in [0.2, 0.25) is 0 Å². The lowest BCUT2D eigenvalue weighted by atomic mass is 9.87. The molecule has 80 valence electrons. The van der Waals surface area contributed by atoms with E-state index in [-0.39, 0.29) is 6.04 Å². The van der Waals surface area contributed by atoms with Gasteiger partial charge >= 0.3 is 0 Å². The number of nitrogens with two attached hydrogens (primary N) is 1. The van der Waals surface area contributed by atoms with Crippen molar-refractivity contribution in [3.63, 3.8) is 0 Å². The molecule has 1 aromatic heterocycles. The fourth-order valence-corrected chi connectivity index (χ4v) is 2.25. The van der Waals surface area contributed by atoms with Crippen LogP contribution in [0.1, 0.15) is 37.9 Å². The molecule has 0 saturated heterocycles. The molecule has 0 spiro atoms. The van der Waals surface area contributed by atoms with Gasteiger partial charge in [0.05, 0.1) is 10.7 Å². The zero-order chi connectivity index (χ0) is 10.8. The molecule has 0 bridgehead atoms. The second kappa shape index (κ2) is 4.41. The molecule has 0 aliphatic heterocycles. The Labute approximate surface area is 90.6 Å². The maximum Gasteiger partial charge on any atom is 0.0897 e. The zero-order valence-electron chi connectivity index (χ0n) is 9.50. The molecule has 0 aliphatic rings. The number of aromatic nitrogens is 1. The minimum atomic E-state index is 0.233. The Morgan fingerprint density at radius 2 is 2.14 bits per heavy atom. The maximum atomic E-state index is 6.07. The van der Waals surface area contributed by atoms with Crippen molar-refractivity contribution >= 4 is 11.3 Å². The van der Waals surface area contributed by atoms with Crippen LogP contribution < -0.4 is 5.73 Å². The smallest absolute Gasteiger partial charge is 0.0897 e. The molecule has 0 aliphatic carbocycles. The van der Waals surface area contributed by atoms with Gasteiger partial charge in [0.15, 0.2) is 0 Å². The van der Waals surface area contributed by atoms with Crippen molar-refractivity contribution < 1.29 is 0 Å². The lowest BCUT2D eigenvalue weighted by molar-refractivity contribution is 0.337. The lowest BCUT2D eigenvalue weighted by Crippen LogP contribution is -2.28. The van der Waals surface area contributed by atoms with Crippen molar-refractivity contribution in [3.05, 3.63) is 16.1 Å². The Hall–Kier alpha value is -0.410. The van der Waals surface area contributed by atoms with Crippen molar-refractivity contribution in [3.8, 4) is 0 Å². The molecular formula is C11H20N2S. The summed E-state index contributed by atoms with van der Waals surface area (Å²) < 4.78 is 0. The van der Waals surface area contributed by atoms with E-state index in [0.29, 0.717) is 5.41 Å². The molecule has 2 nitrogen and oxygen atoms in total. The SMILES string of the molecule is Cc1nc(CC(N)CC(C)(C)C)cs1. The molecule has 1 atom stereocenters.